The second-order valence-corrected chi connectivity index (χ2v) is 22.6. The zero-order chi connectivity index (χ0) is 46.6. The molecule has 0 unspecified atom stereocenters. The van der Waals surface area contributed by atoms with Crippen LogP contribution in [-0.4, -0.2) is 21.8 Å². The maximum Gasteiger partial charge on any atom is 0.179 e. The molecule has 15 rings (SSSR count). The van der Waals surface area contributed by atoms with E-state index in [2.05, 4.69) is 268 Å². The minimum absolute atomic E-state index is 0.909. The summed E-state index contributed by atoms with van der Waals surface area (Å²) in [5.74, 6) is 0. The van der Waals surface area contributed by atoms with Gasteiger partial charge in [0.2, 0.25) is 0 Å². The lowest BCUT2D eigenvalue weighted by molar-refractivity contribution is 0.669. The standard InChI is InChI=1S/C66H43N3OSi/c1-4-20-47(21-5-1)71(48-22-6-2-7-23-48,49-24-8-3-9-25-49)50-26-18-19-44(39-50)67-59-31-14-10-27-51(59)55-40-45(35-37-62(55)67)68-60-32-15-11-28-52(60)56-41-46(36-38-63(56)68)69-61-33-16-12-29-53(61)57-43-66-58(42-64(57)69)54-30-13-17-34-65(54)70-66/h1-43H. The fourth-order valence-corrected chi connectivity index (χ4v) is 17.0. The minimum Gasteiger partial charge on any atom is -0.456 e. The van der Waals surface area contributed by atoms with Crippen molar-refractivity contribution >= 4 is 116 Å². The first kappa shape index (κ1) is 39.8. The van der Waals surface area contributed by atoms with Gasteiger partial charge in [-0.1, -0.05) is 176 Å². The molecule has 15 aromatic rings. The molecule has 4 aromatic heterocycles. The highest BCUT2D eigenvalue weighted by Crippen LogP contribution is 2.41. The molecular weight excluding hydrogens is 879 g/mol. The van der Waals surface area contributed by atoms with Gasteiger partial charge in [-0.05, 0) is 106 Å². The summed E-state index contributed by atoms with van der Waals surface area (Å²) in [5, 5.41) is 14.9. The summed E-state index contributed by atoms with van der Waals surface area (Å²) in [4.78, 5) is 0. The van der Waals surface area contributed by atoms with Crippen LogP contribution in [0.3, 0.4) is 0 Å². The van der Waals surface area contributed by atoms with E-state index >= 15 is 0 Å². The topological polar surface area (TPSA) is 27.9 Å². The molecule has 0 aliphatic rings. The van der Waals surface area contributed by atoms with Crippen LogP contribution < -0.4 is 20.7 Å². The second kappa shape index (κ2) is 15.4. The number of fused-ring (bicyclic) bond motifs is 12. The fraction of sp³-hybridized carbons (Fsp3) is 0. The molecule has 0 radical (unpaired) electrons. The van der Waals surface area contributed by atoms with Gasteiger partial charge in [0.1, 0.15) is 11.2 Å². The summed E-state index contributed by atoms with van der Waals surface area (Å²) < 4.78 is 13.8. The number of furan rings is 1. The first-order chi connectivity index (χ1) is 35.2. The van der Waals surface area contributed by atoms with Crippen LogP contribution in [-0.2, 0) is 0 Å². The van der Waals surface area contributed by atoms with Crippen molar-refractivity contribution in [2.45, 2.75) is 0 Å². The van der Waals surface area contributed by atoms with E-state index in [4.69, 9.17) is 4.42 Å². The monoisotopic (exact) mass is 921 g/mol. The molecule has 0 aliphatic heterocycles. The highest BCUT2D eigenvalue weighted by Gasteiger charge is 2.41. The predicted molar refractivity (Wildman–Crippen MR) is 300 cm³/mol. The number of hydrogen-bond donors (Lipinski definition) is 0. The van der Waals surface area contributed by atoms with Gasteiger partial charge in [-0.25, -0.2) is 0 Å². The van der Waals surface area contributed by atoms with Gasteiger partial charge >= 0.3 is 0 Å². The number of aromatic nitrogens is 3. The second-order valence-electron chi connectivity index (χ2n) is 18.8. The van der Waals surface area contributed by atoms with Crippen molar-refractivity contribution in [1.29, 1.82) is 0 Å². The van der Waals surface area contributed by atoms with Crippen LogP contribution in [0, 0.1) is 0 Å². The predicted octanol–water partition coefficient (Wildman–Crippen LogP) is 14.3. The zero-order valence-corrected chi connectivity index (χ0v) is 39.6. The minimum atomic E-state index is -2.77. The Hall–Kier alpha value is -9.16. The van der Waals surface area contributed by atoms with E-state index in [0.717, 1.165) is 44.5 Å². The Morgan fingerprint density at radius 1 is 0.225 bits per heavy atom. The van der Waals surface area contributed by atoms with E-state index in [1.807, 2.05) is 6.07 Å². The molecule has 71 heavy (non-hydrogen) atoms. The lowest BCUT2D eigenvalue weighted by atomic mass is 10.1. The summed E-state index contributed by atoms with van der Waals surface area (Å²) in [5.41, 5.74) is 12.2. The smallest absolute Gasteiger partial charge is 0.179 e. The summed E-state index contributed by atoms with van der Waals surface area (Å²) in [7, 11) is -2.77. The van der Waals surface area contributed by atoms with Gasteiger partial charge in [0.25, 0.3) is 0 Å². The normalized spacial score (nSPS) is 12.2. The van der Waals surface area contributed by atoms with Crippen molar-refractivity contribution in [2.75, 3.05) is 0 Å². The molecule has 0 spiro atoms. The molecule has 0 saturated heterocycles. The van der Waals surface area contributed by atoms with Crippen LogP contribution in [0.15, 0.2) is 265 Å². The van der Waals surface area contributed by atoms with Crippen molar-refractivity contribution < 1.29 is 4.42 Å². The molecule has 0 fully saturated rings. The van der Waals surface area contributed by atoms with Crippen molar-refractivity contribution in [2.24, 2.45) is 0 Å². The highest BCUT2D eigenvalue weighted by atomic mass is 28.3. The number of benzene rings is 11. The molecule has 5 heteroatoms. The molecule has 11 aromatic carbocycles. The summed E-state index contributed by atoms with van der Waals surface area (Å²) in [6, 6.07) is 96.4. The van der Waals surface area contributed by atoms with Gasteiger partial charge < -0.3 is 18.1 Å². The average molecular weight is 922 g/mol. The van der Waals surface area contributed by atoms with E-state index in [0.29, 0.717) is 0 Å². The van der Waals surface area contributed by atoms with Crippen LogP contribution in [0.5, 0.6) is 0 Å². The lowest BCUT2D eigenvalue weighted by Crippen LogP contribution is -2.74. The molecule has 0 N–H and O–H groups in total. The molecule has 0 amide bonds. The zero-order valence-electron chi connectivity index (χ0n) is 38.6. The molecular formula is C66H43N3OSi. The van der Waals surface area contributed by atoms with Gasteiger partial charge in [-0.15, -0.1) is 0 Å². The summed E-state index contributed by atoms with van der Waals surface area (Å²) in [6.07, 6.45) is 0. The van der Waals surface area contributed by atoms with Gasteiger partial charge in [0.15, 0.2) is 8.07 Å². The van der Waals surface area contributed by atoms with Crippen LogP contribution in [0.25, 0.3) is 104 Å². The Morgan fingerprint density at radius 3 is 1.14 bits per heavy atom. The van der Waals surface area contributed by atoms with E-state index in [9.17, 15) is 0 Å². The third-order valence-corrected chi connectivity index (χ3v) is 19.9. The van der Waals surface area contributed by atoms with Gasteiger partial charge in [-0.3, -0.25) is 0 Å². The van der Waals surface area contributed by atoms with Crippen molar-refractivity contribution in [3.8, 4) is 17.1 Å². The van der Waals surface area contributed by atoms with Crippen LogP contribution in [0.4, 0.5) is 0 Å². The van der Waals surface area contributed by atoms with E-state index in [1.165, 1.54) is 80.6 Å². The Morgan fingerprint density at radius 2 is 0.620 bits per heavy atom. The van der Waals surface area contributed by atoms with Crippen LogP contribution >= 0.6 is 0 Å². The third kappa shape index (κ3) is 5.78. The average Bonchev–Trinajstić information content (AvgIpc) is 4.17. The SMILES string of the molecule is c1ccc([Si](c2ccccc2)(c2ccccc2)c2cccc(-n3c4ccccc4c4cc(-n5c6ccccc6c6cc(-n7c8ccccc8c8cc9oc%10ccccc%10c9cc87)ccc65)ccc43)c2)cc1. The maximum absolute atomic E-state index is 6.40. The first-order valence-electron chi connectivity index (χ1n) is 24.4. The van der Waals surface area contributed by atoms with Crippen molar-refractivity contribution in [3.05, 3.63) is 261 Å². The third-order valence-electron chi connectivity index (χ3n) is 15.2. The highest BCUT2D eigenvalue weighted by molar-refractivity contribution is 7.19. The van der Waals surface area contributed by atoms with Gasteiger partial charge in [0, 0.05) is 60.2 Å². The van der Waals surface area contributed by atoms with Gasteiger partial charge in [0.05, 0.1) is 33.1 Å². The Balaban J connectivity index is 0.917. The first-order valence-corrected chi connectivity index (χ1v) is 26.4. The van der Waals surface area contributed by atoms with Crippen molar-refractivity contribution in [1.82, 2.24) is 13.7 Å². The van der Waals surface area contributed by atoms with E-state index in [1.54, 1.807) is 0 Å². The molecule has 0 bridgehead atoms. The molecule has 0 atom stereocenters. The molecule has 4 heterocycles. The fourth-order valence-electron chi connectivity index (χ4n) is 12.2. The number of nitrogens with zero attached hydrogens (tertiary/aromatic N) is 3. The van der Waals surface area contributed by atoms with Crippen LogP contribution in [0.1, 0.15) is 0 Å². The number of rotatable bonds is 7. The Labute approximate surface area is 410 Å². The molecule has 332 valence electrons. The Bertz CT molecular complexity index is 4480. The number of para-hydroxylation sites is 4. The lowest BCUT2D eigenvalue weighted by Gasteiger charge is -2.34. The van der Waals surface area contributed by atoms with E-state index < -0.39 is 8.07 Å². The Kier molecular flexibility index (Phi) is 8.64. The largest absolute Gasteiger partial charge is 0.456 e. The summed E-state index contributed by atoms with van der Waals surface area (Å²) >= 11 is 0. The molecule has 0 aliphatic carbocycles. The quantitative estimate of drug-likeness (QED) is 0.116. The molecule has 0 saturated carbocycles. The van der Waals surface area contributed by atoms with Crippen LogP contribution in [0.2, 0.25) is 0 Å². The maximum atomic E-state index is 6.40. The number of hydrogen-bond acceptors (Lipinski definition) is 1. The van der Waals surface area contributed by atoms with Gasteiger partial charge in [-0.2, -0.15) is 0 Å². The molecule has 4 nitrogen and oxygen atoms in total. The van der Waals surface area contributed by atoms with Crippen molar-refractivity contribution in [3.63, 3.8) is 0 Å². The van der Waals surface area contributed by atoms with E-state index in [-0.39, 0.29) is 0 Å². The summed E-state index contributed by atoms with van der Waals surface area (Å²) in [6.45, 7) is 0.